The lowest BCUT2D eigenvalue weighted by Crippen LogP contribution is -2.58. The summed E-state index contributed by atoms with van der Waals surface area (Å²) in [7, 11) is 3.25. The molecule has 2 aromatic heterocycles. The number of amides is 3. The average Bonchev–Trinajstić information content (AvgIpc) is 3.52. The number of likely N-dealkylation sites (tertiary alicyclic amines) is 2. The van der Waals surface area contributed by atoms with Crippen molar-refractivity contribution in [1.82, 2.24) is 29.6 Å². The number of aromatic nitrogens is 3. The Hall–Kier alpha value is -4.46. The maximum absolute atomic E-state index is 14.7. The lowest BCUT2D eigenvalue weighted by molar-refractivity contribution is -0.0191. The third-order valence-electron chi connectivity index (χ3n) is 7.41. The number of pyridine rings is 1. The Balaban J connectivity index is 1.12. The molecule has 0 saturated carbocycles. The molecular weight excluding hydrogens is 543 g/mol. The van der Waals surface area contributed by atoms with Crippen molar-refractivity contribution in [3.8, 4) is 17.1 Å². The molecule has 0 unspecified atom stereocenters. The fourth-order valence-electron chi connectivity index (χ4n) is 5.10. The summed E-state index contributed by atoms with van der Waals surface area (Å²) in [6, 6.07) is 3.43. The van der Waals surface area contributed by atoms with Crippen molar-refractivity contribution in [1.29, 1.82) is 0 Å². The topological polar surface area (TPSA) is 105 Å². The number of ether oxygens (including phenoxy) is 2. The third kappa shape index (κ3) is 4.99. The second-order valence-electron chi connectivity index (χ2n) is 10.1. The molecule has 5 heterocycles. The minimum Gasteiger partial charge on any atom is -0.483 e. The van der Waals surface area contributed by atoms with E-state index in [0.717, 1.165) is 12.3 Å². The number of nitrogens with zero attached hydrogens (tertiary/aromatic N) is 7. The highest BCUT2D eigenvalue weighted by atomic mass is 19.1. The van der Waals surface area contributed by atoms with Gasteiger partial charge in [0.25, 0.3) is 5.91 Å². The monoisotopic (exact) mass is 569 g/mol. The molecule has 0 radical (unpaired) electrons. The zero-order valence-electron chi connectivity index (χ0n) is 22.2. The van der Waals surface area contributed by atoms with Crippen LogP contribution in [0.15, 0.2) is 41.8 Å². The van der Waals surface area contributed by atoms with Crippen molar-refractivity contribution in [2.75, 3.05) is 33.3 Å². The Kier molecular flexibility index (Phi) is 6.85. The van der Waals surface area contributed by atoms with Crippen LogP contribution in [-0.2, 0) is 11.8 Å². The van der Waals surface area contributed by atoms with Crippen LogP contribution in [0.25, 0.3) is 11.4 Å². The summed E-state index contributed by atoms with van der Waals surface area (Å²) in [5.41, 5.74) is 1.34. The Morgan fingerprint density at radius 1 is 0.951 bits per heavy atom. The number of hydrogen-bond donors (Lipinski definition) is 0. The molecule has 3 aromatic rings. The molecule has 0 N–H and O–H groups in total. The van der Waals surface area contributed by atoms with Gasteiger partial charge < -0.3 is 19.3 Å². The van der Waals surface area contributed by atoms with Gasteiger partial charge in [-0.2, -0.15) is 10.2 Å². The van der Waals surface area contributed by atoms with E-state index in [1.165, 1.54) is 45.2 Å². The molecule has 2 saturated heterocycles. The molecule has 3 aliphatic heterocycles. The van der Waals surface area contributed by atoms with E-state index < -0.39 is 35.6 Å². The predicted octanol–water partition coefficient (Wildman–Crippen LogP) is 2.99. The Morgan fingerprint density at radius 2 is 1.66 bits per heavy atom. The number of carbonyl (C=O) groups is 2. The first-order chi connectivity index (χ1) is 19.7. The fraction of sp³-hybridized carbons (Fsp3) is 0.370. The van der Waals surface area contributed by atoms with E-state index in [2.05, 4.69) is 15.2 Å². The van der Waals surface area contributed by atoms with Crippen molar-refractivity contribution < 1.29 is 32.2 Å². The number of aryl methyl sites for hydroxylation is 1. The maximum Gasteiger partial charge on any atom is 0.341 e. The second-order valence-corrected chi connectivity index (χ2v) is 10.1. The number of rotatable bonds is 6. The lowest BCUT2D eigenvalue weighted by Gasteiger charge is -2.41. The van der Waals surface area contributed by atoms with E-state index in [-0.39, 0.29) is 30.9 Å². The molecule has 214 valence electrons. The van der Waals surface area contributed by atoms with Crippen LogP contribution in [0, 0.1) is 17.5 Å². The van der Waals surface area contributed by atoms with Gasteiger partial charge in [0, 0.05) is 52.0 Å². The number of carbonyl (C=O) groups excluding carboxylic acids is 2. The summed E-state index contributed by atoms with van der Waals surface area (Å²) in [4.78, 5) is 33.4. The van der Waals surface area contributed by atoms with Gasteiger partial charge in [-0.3, -0.25) is 14.5 Å². The highest BCUT2D eigenvalue weighted by molar-refractivity contribution is 6.00. The summed E-state index contributed by atoms with van der Waals surface area (Å²) < 4.78 is 54.8. The third-order valence-corrected chi connectivity index (χ3v) is 7.41. The van der Waals surface area contributed by atoms with E-state index >= 15 is 0 Å². The van der Waals surface area contributed by atoms with Gasteiger partial charge in [-0.1, -0.05) is 0 Å². The molecule has 1 atom stereocenters. The van der Waals surface area contributed by atoms with Gasteiger partial charge in [0.15, 0.2) is 11.6 Å². The van der Waals surface area contributed by atoms with Crippen molar-refractivity contribution >= 4 is 18.2 Å². The van der Waals surface area contributed by atoms with Gasteiger partial charge in [-0.25, -0.2) is 23.0 Å². The zero-order chi connectivity index (χ0) is 28.8. The lowest BCUT2D eigenvalue weighted by atomic mass is 10.0. The predicted molar refractivity (Wildman–Crippen MR) is 139 cm³/mol. The van der Waals surface area contributed by atoms with Crippen molar-refractivity contribution in [2.24, 2.45) is 12.1 Å². The van der Waals surface area contributed by atoms with Crippen molar-refractivity contribution in [3.05, 3.63) is 65.2 Å². The Labute approximate surface area is 232 Å². The van der Waals surface area contributed by atoms with E-state index in [1.54, 1.807) is 19.1 Å². The van der Waals surface area contributed by atoms with Crippen LogP contribution >= 0.6 is 0 Å². The Bertz CT molecular complexity index is 1510. The molecule has 6 rings (SSSR count). The number of hydrogen-bond acceptors (Lipinski definition) is 7. The van der Waals surface area contributed by atoms with Gasteiger partial charge in [-0.05, 0) is 17.7 Å². The number of methoxy groups -OCH3 is 1. The first-order valence-corrected chi connectivity index (χ1v) is 12.9. The smallest absolute Gasteiger partial charge is 0.341 e. The molecule has 41 heavy (non-hydrogen) atoms. The van der Waals surface area contributed by atoms with Gasteiger partial charge in [0.1, 0.15) is 17.7 Å². The number of benzene rings is 1. The second kappa shape index (κ2) is 10.5. The summed E-state index contributed by atoms with van der Waals surface area (Å²) in [5, 5.41) is 9.48. The van der Waals surface area contributed by atoms with E-state index in [0.29, 0.717) is 42.0 Å². The van der Waals surface area contributed by atoms with Gasteiger partial charge in [0.05, 0.1) is 54.6 Å². The minimum atomic E-state index is -0.738. The molecule has 0 bridgehead atoms. The standard InChI is InChI=1S/C27H26F3N7O4/c1-34-25(20(9-33-34)26(38)35-11-18(12-35)40-2)22-8-24(21(30)10-31-22)41-19-13-36(14-19)27(39)37-23(3-4-32-37)15-5-16(28)7-17(29)6-15/h4-10,18-19,23H,3,11-14H2,1-2H3/t23-/m0/s1. The molecule has 3 amide bonds. The van der Waals surface area contributed by atoms with E-state index in [1.807, 2.05) is 0 Å². The molecule has 1 aromatic carbocycles. The first-order valence-electron chi connectivity index (χ1n) is 12.9. The van der Waals surface area contributed by atoms with Crippen LogP contribution in [0.3, 0.4) is 0 Å². The van der Waals surface area contributed by atoms with Crippen LogP contribution in [-0.4, -0.2) is 93.2 Å². The largest absolute Gasteiger partial charge is 0.483 e. The zero-order valence-corrected chi connectivity index (χ0v) is 22.2. The molecule has 11 nitrogen and oxygen atoms in total. The SMILES string of the molecule is COC1CN(C(=O)c2cnn(C)c2-c2cc(OC3CN(C(=O)N4N=CC[C@H]4c4cc(F)cc(F)c4)C3)c(F)cn2)C1. The first kappa shape index (κ1) is 26.7. The van der Waals surface area contributed by atoms with Gasteiger partial charge in [-0.15, -0.1) is 0 Å². The van der Waals surface area contributed by atoms with Crippen LogP contribution in [0.5, 0.6) is 5.75 Å². The fourth-order valence-corrected chi connectivity index (χ4v) is 5.10. The quantitative estimate of drug-likeness (QED) is 0.452. The number of halogens is 3. The van der Waals surface area contributed by atoms with E-state index in [9.17, 15) is 22.8 Å². The summed E-state index contributed by atoms with van der Waals surface area (Å²) in [6.45, 7) is 1.23. The van der Waals surface area contributed by atoms with Crippen LogP contribution in [0.4, 0.5) is 18.0 Å². The van der Waals surface area contributed by atoms with Crippen molar-refractivity contribution in [2.45, 2.75) is 24.7 Å². The number of urea groups is 1. The molecule has 2 fully saturated rings. The highest BCUT2D eigenvalue weighted by Crippen LogP contribution is 2.33. The highest BCUT2D eigenvalue weighted by Gasteiger charge is 2.39. The van der Waals surface area contributed by atoms with Gasteiger partial charge in [0.2, 0.25) is 0 Å². The Morgan fingerprint density at radius 3 is 2.37 bits per heavy atom. The average molecular weight is 570 g/mol. The molecule has 14 heteroatoms. The molecule has 3 aliphatic rings. The summed E-state index contributed by atoms with van der Waals surface area (Å²) in [5.74, 6) is -2.48. The summed E-state index contributed by atoms with van der Waals surface area (Å²) >= 11 is 0. The van der Waals surface area contributed by atoms with Crippen LogP contribution in [0.2, 0.25) is 0 Å². The molecule has 0 spiro atoms. The van der Waals surface area contributed by atoms with Crippen molar-refractivity contribution in [3.63, 3.8) is 0 Å². The van der Waals surface area contributed by atoms with Gasteiger partial charge >= 0.3 is 6.03 Å². The number of hydrazone groups is 1. The maximum atomic E-state index is 14.7. The van der Waals surface area contributed by atoms with E-state index in [4.69, 9.17) is 9.47 Å². The molecule has 0 aliphatic carbocycles. The summed E-state index contributed by atoms with van der Waals surface area (Å²) in [6.07, 6.45) is 3.77. The van der Waals surface area contributed by atoms with Crippen LogP contribution in [0.1, 0.15) is 28.4 Å². The molecular formula is C27H26F3N7O4. The normalized spacial score (nSPS) is 19.0. The van der Waals surface area contributed by atoms with Crippen LogP contribution < -0.4 is 4.74 Å². The minimum absolute atomic E-state index is 0.00978.